The Kier molecular flexibility index (Phi) is 5.68. The molecule has 11 heteroatoms. The van der Waals surface area contributed by atoms with Gasteiger partial charge in [-0.2, -0.15) is 13.9 Å². The summed E-state index contributed by atoms with van der Waals surface area (Å²) in [6.07, 6.45) is 0. The van der Waals surface area contributed by atoms with Crippen molar-refractivity contribution in [1.82, 2.24) is 23.8 Å². The molecule has 0 amide bonds. The van der Waals surface area contributed by atoms with Crippen molar-refractivity contribution in [2.45, 2.75) is 17.7 Å². The Morgan fingerprint density at radius 3 is 2.50 bits per heavy atom. The fourth-order valence-corrected chi connectivity index (χ4v) is 7.14. The number of fused-ring (bicyclic) bond motifs is 1. The Bertz CT molecular complexity index is 1400. The van der Waals surface area contributed by atoms with E-state index in [1.165, 1.54) is 37.6 Å². The van der Waals surface area contributed by atoms with Gasteiger partial charge in [0.25, 0.3) is 15.6 Å². The molecule has 1 aliphatic heterocycles. The maximum atomic E-state index is 12.7. The summed E-state index contributed by atoms with van der Waals surface area (Å²) >= 11 is 2.62. The third kappa shape index (κ3) is 4.14. The van der Waals surface area contributed by atoms with Gasteiger partial charge < -0.3 is 0 Å². The van der Waals surface area contributed by atoms with E-state index in [0.29, 0.717) is 47.6 Å². The van der Waals surface area contributed by atoms with Crippen LogP contribution in [0.4, 0.5) is 0 Å². The number of piperazine rings is 1. The van der Waals surface area contributed by atoms with Gasteiger partial charge >= 0.3 is 0 Å². The molecule has 0 unspecified atom stereocenters. The van der Waals surface area contributed by atoms with Crippen molar-refractivity contribution in [3.05, 3.63) is 69.5 Å². The predicted molar refractivity (Wildman–Crippen MR) is 126 cm³/mol. The fourth-order valence-electron chi connectivity index (χ4n) is 3.64. The molecule has 1 saturated heterocycles. The summed E-state index contributed by atoms with van der Waals surface area (Å²) in [7, 11) is -3.43. The third-order valence-electron chi connectivity index (χ3n) is 5.40. The van der Waals surface area contributed by atoms with Crippen molar-refractivity contribution in [2.24, 2.45) is 0 Å². The van der Waals surface area contributed by atoms with Crippen LogP contribution in [0, 0.1) is 6.92 Å². The molecule has 1 aliphatic rings. The molecule has 1 fully saturated rings. The van der Waals surface area contributed by atoms with E-state index in [4.69, 9.17) is 0 Å². The van der Waals surface area contributed by atoms with Crippen LogP contribution in [0.3, 0.4) is 0 Å². The van der Waals surface area contributed by atoms with Crippen molar-refractivity contribution in [2.75, 3.05) is 26.2 Å². The number of sulfonamides is 1. The van der Waals surface area contributed by atoms with Gasteiger partial charge in [-0.05, 0) is 18.4 Å². The minimum absolute atomic E-state index is 0.210. The Morgan fingerprint density at radius 2 is 1.81 bits per heavy atom. The lowest BCUT2D eigenvalue weighted by Crippen LogP contribution is -2.48. The standard InChI is InChI=1S/C21H21N5O3S3/c1-15-4-6-16(7-5-15)20-23-26-18(27)13-17(22-21(26)31-20)14-24-8-10-25(11-9-24)32(28,29)19-3-2-12-30-19/h2-7,12-13H,8-11,14H2,1H3. The van der Waals surface area contributed by atoms with Crippen molar-refractivity contribution >= 4 is 37.7 Å². The zero-order valence-electron chi connectivity index (χ0n) is 17.3. The van der Waals surface area contributed by atoms with Gasteiger partial charge in [0.2, 0.25) is 4.96 Å². The monoisotopic (exact) mass is 487 g/mol. The second-order valence-corrected chi connectivity index (χ2v) is 11.7. The molecule has 0 radical (unpaired) electrons. The first kappa shape index (κ1) is 21.4. The van der Waals surface area contributed by atoms with Crippen LogP contribution in [-0.4, -0.2) is 58.4 Å². The van der Waals surface area contributed by atoms with Crippen molar-refractivity contribution < 1.29 is 8.42 Å². The molecular formula is C21H21N5O3S3. The van der Waals surface area contributed by atoms with Crippen LogP contribution in [-0.2, 0) is 16.6 Å². The highest BCUT2D eigenvalue weighted by Gasteiger charge is 2.29. The van der Waals surface area contributed by atoms with Crippen LogP contribution in [0.1, 0.15) is 11.3 Å². The minimum atomic E-state index is -3.43. The molecule has 32 heavy (non-hydrogen) atoms. The summed E-state index contributed by atoms with van der Waals surface area (Å²) in [6.45, 7) is 4.53. The van der Waals surface area contributed by atoms with E-state index in [1.807, 2.05) is 31.2 Å². The number of hydrogen-bond donors (Lipinski definition) is 0. The van der Waals surface area contributed by atoms with Gasteiger partial charge in [-0.1, -0.05) is 47.2 Å². The largest absolute Gasteiger partial charge is 0.295 e. The summed E-state index contributed by atoms with van der Waals surface area (Å²) in [6, 6.07) is 12.9. The second-order valence-electron chi connectivity index (χ2n) is 7.67. The maximum Gasteiger partial charge on any atom is 0.275 e. The lowest BCUT2D eigenvalue weighted by molar-refractivity contribution is 0.180. The number of thiophene rings is 1. The zero-order chi connectivity index (χ0) is 22.3. The number of aryl methyl sites for hydroxylation is 1. The van der Waals surface area contributed by atoms with E-state index < -0.39 is 10.0 Å². The maximum absolute atomic E-state index is 12.7. The van der Waals surface area contributed by atoms with E-state index in [1.54, 1.807) is 17.5 Å². The van der Waals surface area contributed by atoms with Crippen LogP contribution >= 0.6 is 22.7 Å². The van der Waals surface area contributed by atoms with E-state index in [0.717, 1.165) is 16.1 Å². The minimum Gasteiger partial charge on any atom is -0.295 e. The van der Waals surface area contributed by atoms with E-state index in [-0.39, 0.29) is 5.56 Å². The van der Waals surface area contributed by atoms with Crippen LogP contribution in [0.2, 0.25) is 0 Å². The fraction of sp³-hybridized carbons (Fsp3) is 0.286. The van der Waals surface area contributed by atoms with Crippen molar-refractivity contribution in [3.63, 3.8) is 0 Å². The third-order valence-corrected chi connectivity index (χ3v) is 9.63. The molecule has 5 rings (SSSR count). The molecule has 0 aliphatic carbocycles. The van der Waals surface area contributed by atoms with Gasteiger partial charge in [0.05, 0.1) is 5.69 Å². The average molecular weight is 488 g/mol. The quantitative estimate of drug-likeness (QED) is 0.430. The molecule has 4 aromatic rings. The molecule has 0 atom stereocenters. The highest BCUT2D eigenvalue weighted by Crippen LogP contribution is 2.25. The van der Waals surface area contributed by atoms with E-state index >= 15 is 0 Å². The number of rotatable bonds is 5. The van der Waals surface area contributed by atoms with Crippen LogP contribution < -0.4 is 5.56 Å². The topological polar surface area (TPSA) is 87.9 Å². The first-order valence-corrected chi connectivity index (χ1v) is 13.3. The van der Waals surface area contributed by atoms with Crippen LogP contribution in [0.5, 0.6) is 0 Å². The second kappa shape index (κ2) is 8.49. The first-order chi connectivity index (χ1) is 15.4. The summed E-state index contributed by atoms with van der Waals surface area (Å²) in [5.74, 6) is 0. The molecule has 0 N–H and O–H groups in total. The normalized spacial score (nSPS) is 16.0. The zero-order valence-corrected chi connectivity index (χ0v) is 19.8. The lowest BCUT2D eigenvalue weighted by atomic mass is 10.2. The SMILES string of the molecule is Cc1ccc(-c2nn3c(=O)cc(CN4CCN(S(=O)(=O)c5cccs5)CC4)nc3s2)cc1. The molecule has 1 aromatic carbocycles. The Balaban J connectivity index is 1.31. The highest BCUT2D eigenvalue weighted by atomic mass is 32.2. The molecule has 8 nitrogen and oxygen atoms in total. The average Bonchev–Trinajstić information content (AvgIpc) is 3.46. The van der Waals surface area contributed by atoms with E-state index in [2.05, 4.69) is 15.0 Å². The first-order valence-electron chi connectivity index (χ1n) is 10.1. The van der Waals surface area contributed by atoms with Crippen LogP contribution in [0.25, 0.3) is 15.5 Å². The molecule has 0 saturated carbocycles. The van der Waals surface area contributed by atoms with Gasteiger partial charge in [-0.15, -0.1) is 11.3 Å². The number of nitrogens with zero attached hydrogens (tertiary/aromatic N) is 5. The van der Waals surface area contributed by atoms with Gasteiger partial charge in [-0.25, -0.2) is 13.4 Å². The number of aromatic nitrogens is 3. The molecule has 3 aromatic heterocycles. The summed E-state index contributed by atoms with van der Waals surface area (Å²) in [5, 5.41) is 6.96. The van der Waals surface area contributed by atoms with Crippen molar-refractivity contribution in [1.29, 1.82) is 0 Å². The van der Waals surface area contributed by atoms with Crippen molar-refractivity contribution in [3.8, 4) is 10.6 Å². The van der Waals surface area contributed by atoms with Gasteiger partial charge in [-0.3, -0.25) is 9.69 Å². The van der Waals surface area contributed by atoms with E-state index in [9.17, 15) is 13.2 Å². The predicted octanol–water partition coefficient (Wildman–Crippen LogP) is 2.69. The molecule has 0 spiro atoms. The van der Waals surface area contributed by atoms with Gasteiger partial charge in [0, 0.05) is 44.4 Å². The molecule has 4 heterocycles. The van der Waals surface area contributed by atoms with Crippen LogP contribution in [0.15, 0.2) is 56.8 Å². The molecule has 0 bridgehead atoms. The molecule has 166 valence electrons. The molecular weight excluding hydrogens is 466 g/mol. The van der Waals surface area contributed by atoms with Gasteiger partial charge in [0.15, 0.2) is 0 Å². The Morgan fingerprint density at radius 1 is 1.06 bits per heavy atom. The Hall–Kier alpha value is -2.44. The Labute approximate surface area is 193 Å². The number of benzene rings is 1. The summed E-state index contributed by atoms with van der Waals surface area (Å²) in [4.78, 5) is 19.9. The number of hydrogen-bond acceptors (Lipinski definition) is 8. The lowest BCUT2D eigenvalue weighted by Gasteiger charge is -2.33. The highest BCUT2D eigenvalue weighted by molar-refractivity contribution is 7.91. The van der Waals surface area contributed by atoms with Gasteiger partial charge in [0.1, 0.15) is 9.22 Å². The summed E-state index contributed by atoms with van der Waals surface area (Å²) in [5.41, 5.74) is 2.58. The smallest absolute Gasteiger partial charge is 0.275 e. The summed E-state index contributed by atoms with van der Waals surface area (Å²) < 4.78 is 28.6.